The summed E-state index contributed by atoms with van der Waals surface area (Å²) in [7, 11) is -3.88. The number of nitrogens with zero attached hydrogens (tertiary/aromatic N) is 2. The molecule has 0 bridgehead atoms. The molecule has 142 valence electrons. The van der Waals surface area contributed by atoms with Crippen LogP contribution in [0, 0.1) is 0 Å². The number of fused-ring (bicyclic) bond motifs is 1. The van der Waals surface area contributed by atoms with Gasteiger partial charge in [0.1, 0.15) is 0 Å². The highest BCUT2D eigenvalue weighted by Crippen LogP contribution is 2.34. The van der Waals surface area contributed by atoms with Crippen LogP contribution in [0.4, 0.5) is 0 Å². The summed E-state index contributed by atoms with van der Waals surface area (Å²) in [4.78, 5) is 15.9. The molecule has 2 aliphatic rings. The van der Waals surface area contributed by atoms with E-state index in [1.807, 2.05) is 0 Å². The highest BCUT2D eigenvalue weighted by atomic mass is 32.2. The van der Waals surface area contributed by atoms with Crippen LogP contribution in [0.5, 0.6) is 5.88 Å². The average Bonchev–Trinajstić information content (AvgIpc) is 2.73. The third-order valence-corrected chi connectivity index (χ3v) is 5.52. The summed E-state index contributed by atoms with van der Waals surface area (Å²) in [5, 5.41) is 11.3. The number of hydrogen-bond acceptors (Lipinski definition) is 7. The monoisotopic (exact) mass is 383 g/mol. The van der Waals surface area contributed by atoms with Gasteiger partial charge in [-0.1, -0.05) is 0 Å². The Kier molecular flexibility index (Phi) is 5.54. The van der Waals surface area contributed by atoms with Crippen LogP contribution in [-0.4, -0.2) is 62.6 Å². The maximum Gasteiger partial charge on any atom is 0.287 e. The summed E-state index contributed by atoms with van der Waals surface area (Å²) in [5.41, 5.74) is -0.303. The Balaban J connectivity index is 1.82. The van der Waals surface area contributed by atoms with Crippen LogP contribution < -0.4 is 10.1 Å². The first kappa shape index (κ1) is 18.7. The smallest absolute Gasteiger partial charge is 0.287 e. The van der Waals surface area contributed by atoms with Crippen LogP contribution in [-0.2, 0) is 26.0 Å². The second-order valence-electron chi connectivity index (χ2n) is 6.17. The van der Waals surface area contributed by atoms with Gasteiger partial charge >= 0.3 is 0 Å². The molecule has 3 heterocycles. The molecule has 0 aromatic carbocycles. The fraction of sp³-hybridized carbons (Fsp3) is 0.562. The molecular weight excluding hydrogens is 362 g/mol. The van der Waals surface area contributed by atoms with Gasteiger partial charge in [-0.3, -0.25) is 4.79 Å². The molecular formula is C16H21N3O6S. The minimum atomic E-state index is -3.88. The highest BCUT2D eigenvalue weighted by Gasteiger charge is 2.39. The lowest BCUT2D eigenvalue weighted by molar-refractivity contribution is -0.121. The minimum Gasteiger partial charge on any atom is -0.464 e. The average molecular weight is 383 g/mol. The number of carbonyl (C=O) groups excluding carboxylic acids is 1. The molecule has 1 amide bonds. The van der Waals surface area contributed by atoms with Gasteiger partial charge in [-0.05, 0) is 18.6 Å². The lowest BCUT2D eigenvalue weighted by Crippen LogP contribution is -2.43. The number of rotatable bonds is 5. The van der Waals surface area contributed by atoms with Crippen molar-refractivity contribution in [2.75, 3.05) is 26.4 Å². The number of aromatic nitrogens is 1. The van der Waals surface area contributed by atoms with E-state index in [4.69, 9.17) is 14.6 Å². The Labute approximate surface area is 151 Å². The second-order valence-corrected chi connectivity index (χ2v) is 7.77. The Morgan fingerprint density at radius 2 is 2.08 bits per heavy atom. The van der Waals surface area contributed by atoms with Gasteiger partial charge < -0.3 is 19.9 Å². The van der Waals surface area contributed by atoms with Crippen LogP contribution in [0.2, 0.25) is 0 Å². The highest BCUT2D eigenvalue weighted by molar-refractivity contribution is 7.90. The maximum atomic E-state index is 12.4. The molecule has 1 aromatic heterocycles. The molecule has 0 saturated carbocycles. The van der Waals surface area contributed by atoms with Crippen LogP contribution in [0.25, 0.3) is 0 Å². The van der Waals surface area contributed by atoms with E-state index in [2.05, 4.69) is 14.7 Å². The first-order chi connectivity index (χ1) is 12.4. The van der Waals surface area contributed by atoms with Gasteiger partial charge in [-0.15, -0.1) is 0 Å². The molecule has 1 fully saturated rings. The Morgan fingerprint density at radius 1 is 1.31 bits per heavy atom. The number of ether oxygens (including phenoxy) is 2. The van der Waals surface area contributed by atoms with Gasteiger partial charge in [0.05, 0.1) is 26.0 Å². The number of sulfonamides is 1. The largest absolute Gasteiger partial charge is 0.464 e. The number of aliphatic hydroxyl groups excluding tert-OH is 1. The topological polar surface area (TPSA) is 127 Å². The zero-order chi connectivity index (χ0) is 18.6. The number of carbonyl (C=O) groups is 1. The minimum absolute atomic E-state index is 0.0117. The van der Waals surface area contributed by atoms with Crippen LogP contribution >= 0.6 is 0 Å². The third-order valence-electron chi connectivity index (χ3n) is 4.27. The third kappa shape index (κ3) is 4.19. The van der Waals surface area contributed by atoms with Gasteiger partial charge in [0.25, 0.3) is 10.0 Å². The van der Waals surface area contributed by atoms with E-state index >= 15 is 0 Å². The fourth-order valence-electron chi connectivity index (χ4n) is 2.79. The Hall–Kier alpha value is -2.04. The van der Waals surface area contributed by atoms with Crippen molar-refractivity contribution in [3.05, 3.63) is 17.8 Å². The number of aryl methyl sites for hydroxylation is 1. The van der Waals surface area contributed by atoms with E-state index in [0.29, 0.717) is 38.2 Å². The zero-order valence-corrected chi connectivity index (χ0v) is 15.0. The van der Waals surface area contributed by atoms with E-state index in [9.17, 15) is 13.2 Å². The van der Waals surface area contributed by atoms with Crippen LogP contribution in [0.1, 0.15) is 25.0 Å². The molecule has 10 heteroatoms. The summed E-state index contributed by atoms with van der Waals surface area (Å²) >= 11 is 0. The standard InChI is InChI=1S/C16H21N3O6S/c20-8-7-17-14(21)4-2-12-1-3-13-15(19-12)25-16(5-9-24-10-6-16)11-18-26(13,22)23/h1,3,11,20H,2,4-10H2,(H,17,21). The number of nitrogens with one attached hydrogen (secondary N) is 1. The molecule has 2 aliphatic heterocycles. The Morgan fingerprint density at radius 3 is 2.81 bits per heavy atom. The SMILES string of the molecule is O=C(CCc1ccc2c(n1)OC1(C=NS2(=O)=O)CCOCC1)NCCO. The molecule has 0 radical (unpaired) electrons. The lowest BCUT2D eigenvalue weighted by Gasteiger charge is -2.32. The summed E-state index contributed by atoms with van der Waals surface area (Å²) in [6, 6.07) is 2.96. The van der Waals surface area contributed by atoms with Crippen molar-refractivity contribution >= 4 is 22.1 Å². The first-order valence-corrected chi connectivity index (χ1v) is 9.84. The molecule has 1 spiro atoms. The molecule has 0 atom stereocenters. The van der Waals surface area contributed by atoms with Crippen molar-refractivity contribution in [2.24, 2.45) is 4.40 Å². The summed E-state index contributed by atoms with van der Waals surface area (Å²) < 4.78 is 39.8. The maximum absolute atomic E-state index is 12.4. The first-order valence-electron chi connectivity index (χ1n) is 8.40. The summed E-state index contributed by atoms with van der Waals surface area (Å²) in [5.74, 6) is -0.203. The van der Waals surface area contributed by atoms with Crippen molar-refractivity contribution in [3.8, 4) is 5.88 Å². The molecule has 3 rings (SSSR count). The van der Waals surface area contributed by atoms with Crippen molar-refractivity contribution in [2.45, 2.75) is 36.2 Å². The van der Waals surface area contributed by atoms with Gasteiger partial charge in [-0.2, -0.15) is 12.8 Å². The number of amides is 1. The van der Waals surface area contributed by atoms with Gasteiger partial charge in [-0.25, -0.2) is 4.98 Å². The molecule has 26 heavy (non-hydrogen) atoms. The molecule has 2 N–H and O–H groups in total. The van der Waals surface area contributed by atoms with Gasteiger partial charge in [0, 0.05) is 31.5 Å². The van der Waals surface area contributed by atoms with Gasteiger partial charge in [0.15, 0.2) is 10.5 Å². The van der Waals surface area contributed by atoms with E-state index < -0.39 is 15.6 Å². The van der Waals surface area contributed by atoms with Crippen molar-refractivity contribution in [1.82, 2.24) is 10.3 Å². The normalized spacial score (nSPS) is 20.0. The predicted octanol–water partition coefficient (Wildman–Crippen LogP) is -0.176. The molecule has 1 saturated heterocycles. The molecule has 1 aromatic rings. The van der Waals surface area contributed by atoms with Crippen molar-refractivity contribution < 1.29 is 27.8 Å². The summed E-state index contributed by atoms with van der Waals surface area (Å²) in [6.45, 7) is 0.971. The van der Waals surface area contributed by atoms with Crippen molar-refractivity contribution in [1.29, 1.82) is 0 Å². The predicted molar refractivity (Wildman–Crippen MR) is 91.7 cm³/mol. The molecule has 0 unspecified atom stereocenters. The van der Waals surface area contributed by atoms with Gasteiger partial charge in [0.2, 0.25) is 11.8 Å². The van der Waals surface area contributed by atoms with E-state index in [0.717, 1.165) is 0 Å². The quantitative estimate of drug-likeness (QED) is 0.722. The number of pyridine rings is 1. The summed E-state index contributed by atoms with van der Waals surface area (Å²) in [6.07, 6.45) is 2.81. The number of aliphatic hydroxyl groups is 1. The van der Waals surface area contributed by atoms with Crippen molar-refractivity contribution in [3.63, 3.8) is 0 Å². The molecule has 9 nitrogen and oxygen atoms in total. The number of hydrogen-bond donors (Lipinski definition) is 2. The van der Waals surface area contributed by atoms with Crippen LogP contribution in [0.15, 0.2) is 21.4 Å². The second kappa shape index (κ2) is 7.68. The Bertz CT molecular complexity index is 802. The fourth-order valence-corrected chi connectivity index (χ4v) is 3.78. The van der Waals surface area contributed by atoms with E-state index in [1.54, 1.807) is 6.07 Å². The van der Waals surface area contributed by atoms with E-state index in [1.165, 1.54) is 12.3 Å². The lowest BCUT2D eigenvalue weighted by atomic mass is 9.95. The molecule has 0 aliphatic carbocycles. The van der Waals surface area contributed by atoms with E-state index in [-0.39, 0.29) is 36.3 Å². The van der Waals surface area contributed by atoms with Crippen LogP contribution in [0.3, 0.4) is 0 Å². The zero-order valence-electron chi connectivity index (χ0n) is 14.2.